The highest BCUT2D eigenvalue weighted by Gasteiger charge is 2.13. The van der Waals surface area contributed by atoms with E-state index >= 15 is 0 Å². The lowest BCUT2D eigenvalue weighted by Gasteiger charge is -2.02. The largest absolute Gasteiger partial charge is 0.465 e. The van der Waals surface area contributed by atoms with Gasteiger partial charge in [0.25, 0.3) is 5.91 Å². The van der Waals surface area contributed by atoms with E-state index in [4.69, 9.17) is 16.0 Å². The average Bonchev–Trinajstić information content (AvgIpc) is 3.34. The maximum absolute atomic E-state index is 11.8. The van der Waals surface area contributed by atoms with Gasteiger partial charge in [0.1, 0.15) is 10.9 Å². The molecule has 29 heavy (non-hydrogen) atoms. The van der Waals surface area contributed by atoms with E-state index in [2.05, 4.69) is 20.9 Å². The molecule has 0 saturated carbocycles. The number of amides is 2. The number of furan rings is 1. The van der Waals surface area contributed by atoms with Crippen LogP contribution in [0.4, 0.5) is 0 Å². The second-order valence-corrected chi connectivity index (χ2v) is 6.25. The summed E-state index contributed by atoms with van der Waals surface area (Å²) in [5.74, 6) is -0.369. The number of hydrogen-bond acceptors (Lipinski definition) is 5. The predicted molar refractivity (Wildman–Crippen MR) is 110 cm³/mol. The number of aryl methyl sites for hydroxylation is 1. The van der Waals surface area contributed by atoms with Crippen molar-refractivity contribution in [1.82, 2.24) is 20.5 Å². The number of nitrogens with one attached hydrogen (secondary N) is 2. The molecule has 1 aromatic carbocycles. The SMILES string of the molecule is Cc1nn(-c2ccccc2)c(Cl)c1/C=N\NC(=O)CNC(=O)/C=C/c1ccco1. The summed E-state index contributed by atoms with van der Waals surface area (Å²) in [5.41, 5.74) is 4.40. The molecule has 3 aromatic rings. The van der Waals surface area contributed by atoms with Gasteiger partial charge in [-0.3, -0.25) is 9.59 Å². The van der Waals surface area contributed by atoms with E-state index in [1.54, 1.807) is 23.7 Å². The van der Waals surface area contributed by atoms with Gasteiger partial charge in [-0.05, 0) is 37.3 Å². The molecule has 0 bridgehead atoms. The summed E-state index contributed by atoms with van der Waals surface area (Å²) in [7, 11) is 0. The Balaban J connectivity index is 1.52. The molecule has 2 heterocycles. The Morgan fingerprint density at radius 2 is 2.03 bits per heavy atom. The molecule has 2 amide bonds. The third-order valence-electron chi connectivity index (χ3n) is 3.80. The third-order valence-corrected chi connectivity index (χ3v) is 4.16. The molecular formula is C20H18ClN5O3. The van der Waals surface area contributed by atoms with E-state index in [-0.39, 0.29) is 6.54 Å². The van der Waals surface area contributed by atoms with E-state index in [0.717, 1.165) is 5.69 Å². The summed E-state index contributed by atoms with van der Waals surface area (Å²) >= 11 is 6.38. The van der Waals surface area contributed by atoms with Gasteiger partial charge in [-0.15, -0.1) is 0 Å². The van der Waals surface area contributed by atoms with Gasteiger partial charge in [-0.25, -0.2) is 10.1 Å². The Kier molecular flexibility index (Phi) is 6.59. The highest BCUT2D eigenvalue weighted by Crippen LogP contribution is 2.21. The van der Waals surface area contributed by atoms with Crippen LogP contribution in [0.25, 0.3) is 11.8 Å². The molecule has 0 spiro atoms. The van der Waals surface area contributed by atoms with Gasteiger partial charge in [0.05, 0.1) is 36.0 Å². The van der Waals surface area contributed by atoms with E-state index in [1.807, 2.05) is 30.3 Å². The van der Waals surface area contributed by atoms with Gasteiger partial charge >= 0.3 is 0 Å². The molecule has 0 aliphatic heterocycles. The highest BCUT2D eigenvalue weighted by molar-refractivity contribution is 6.32. The molecular weight excluding hydrogens is 394 g/mol. The van der Waals surface area contributed by atoms with Crippen molar-refractivity contribution in [3.05, 3.63) is 77.0 Å². The van der Waals surface area contributed by atoms with E-state index in [9.17, 15) is 9.59 Å². The number of hydrogen-bond donors (Lipinski definition) is 2. The number of para-hydroxylation sites is 1. The highest BCUT2D eigenvalue weighted by atomic mass is 35.5. The summed E-state index contributed by atoms with van der Waals surface area (Å²) in [6.07, 6.45) is 5.69. The monoisotopic (exact) mass is 411 g/mol. The van der Waals surface area contributed by atoms with Crippen LogP contribution in [0.15, 0.2) is 64.3 Å². The Labute approximate surface area is 171 Å². The van der Waals surface area contributed by atoms with Gasteiger partial charge in [0, 0.05) is 6.08 Å². The van der Waals surface area contributed by atoms with Crippen LogP contribution in [0.1, 0.15) is 17.0 Å². The summed E-state index contributed by atoms with van der Waals surface area (Å²) in [6.45, 7) is 1.56. The Bertz CT molecular complexity index is 1040. The fourth-order valence-corrected chi connectivity index (χ4v) is 2.70. The Hall–Kier alpha value is -3.65. The minimum atomic E-state index is -0.481. The molecule has 8 nitrogen and oxygen atoms in total. The Morgan fingerprint density at radius 3 is 2.76 bits per heavy atom. The lowest BCUT2D eigenvalue weighted by atomic mass is 10.3. The molecule has 3 rings (SSSR count). The summed E-state index contributed by atoms with van der Waals surface area (Å²) in [6, 6.07) is 12.8. The van der Waals surface area contributed by atoms with Crippen molar-refractivity contribution in [2.45, 2.75) is 6.92 Å². The van der Waals surface area contributed by atoms with Crippen LogP contribution in [0, 0.1) is 6.92 Å². The number of halogens is 1. The van der Waals surface area contributed by atoms with Crippen LogP contribution in [-0.4, -0.2) is 34.4 Å². The first-order chi connectivity index (χ1) is 14.0. The minimum Gasteiger partial charge on any atom is -0.465 e. The molecule has 0 radical (unpaired) electrons. The second-order valence-electron chi connectivity index (χ2n) is 5.90. The molecule has 0 aliphatic carbocycles. The van der Waals surface area contributed by atoms with Gasteiger partial charge in [-0.2, -0.15) is 10.2 Å². The van der Waals surface area contributed by atoms with E-state index in [1.165, 1.54) is 24.6 Å². The number of carbonyl (C=O) groups is 2. The number of rotatable bonds is 7. The lowest BCUT2D eigenvalue weighted by molar-refractivity contribution is -0.123. The fourth-order valence-electron chi connectivity index (χ4n) is 2.38. The zero-order valence-electron chi connectivity index (χ0n) is 15.5. The summed E-state index contributed by atoms with van der Waals surface area (Å²) in [5, 5.41) is 11.1. The Morgan fingerprint density at radius 1 is 1.24 bits per heavy atom. The van der Waals surface area contributed by atoms with Crippen molar-refractivity contribution in [2.24, 2.45) is 5.10 Å². The standard InChI is InChI=1S/C20H18ClN5O3/c1-14-17(20(21)26(25-14)15-6-3-2-4-7-15)12-23-24-19(28)13-22-18(27)10-9-16-8-5-11-29-16/h2-12H,13H2,1H3,(H,22,27)(H,24,28)/b10-9+,23-12-. The van der Waals surface area contributed by atoms with Crippen LogP contribution >= 0.6 is 11.6 Å². The van der Waals surface area contributed by atoms with Crippen molar-refractivity contribution in [3.8, 4) is 5.69 Å². The van der Waals surface area contributed by atoms with Crippen LogP contribution in [-0.2, 0) is 9.59 Å². The smallest absolute Gasteiger partial charge is 0.259 e. The van der Waals surface area contributed by atoms with E-state index in [0.29, 0.717) is 22.2 Å². The quantitative estimate of drug-likeness (QED) is 0.354. The predicted octanol–water partition coefficient (Wildman–Crippen LogP) is 2.71. The van der Waals surface area contributed by atoms with Crippen molar-refractivity contribution < 1.29 is 14.0 Å². The number of carbonyl (C=O) groups excluding carboxylic acids is 2. The molecule has 9 heteroatoms. The summed E-state index contributed by atoms with van der Waals surface area (Å²) < 4.78 is 6.66. The van der Waals surface area contributed by atoms with Crippen LogP contribution in [0.5, 0.6) is 0 Å². The van der Waals surface area contributed by atoms with Gasteiger partial charge in [0.15, 0.2) is 0 Å². The molecule has 0 saturated heterocycles. The van der Waals surface area contributed by atoms with Gasteiger partial charge in [0.2, 0.25) is 5.91 Å². The third kappa shape index (κ3) is 5.43. The van der Waals surface area contributed by atoms with Gasteiger partial charge < -0.3 is 9.73 Å². The maximum Gasteiger partial charge on any atom is 0.259 e. The first-order valence-electron chi connectivity index (χ1n) is 8.66. The number of aromatic nitrogens is 2. The number of nitrogens with zero attached hydrogens (tertiary/aromatic N) is 3. The van der Waals surface area contributed by atoms with E-state index < -0.39 is 11.8 Å². The zero-order chi connectivity index (χ0) is 20.6. The van der Waals surface area contributed by atoms with Crippen LogP contribution in [0.3, 0.4) is 0 Å². The maximum atomic E-state index is 11.8. The molecule has 0 atom stereocenters. The number of benzene rings is 1. The van der Waals surface area contributed by atoms with Gasteiger partial charge in [-0.1, -0.05) is 29.8 Å². The molecule has 0 unspecified atom stereocenters. The summed E-state index contributed by atoms with van der Waals surface area (Å²) in [4.78, 5) is 23.5. The molecule has 2 aromatic heterocycles. The fraction of sp³-hybridized carbons (Fsp3) is 0.100. The molecule has 2 N–H and O–H groups in total. The lowest BCUT2D eigenvalue weighted by Crippen LogP contribution is -2.34. The molecule has 148 valence electrons. The first-order valence-corrected chi connectivity index (χ1v) is 9.04. The molecule has 0 fully saturated rings. The van der Waals surface area contributed by atoms with Crippen molar-refractivity contribution in [2.75, 3.05) is 6.54 Å². The zero-order valence-corrected chi connectivity index (χ0v) is 16.3. The van der Waals surface area contributed by atoms with Crippen molar-refractivity contribution in [1.29, 1.82) is 0 Å². The minimum absolute atomic E-state index is 0.228. The van der Waals surface area contributed by atoms with Crippen molar-refractivity contribution in [3.63, 3.8) is 0 Å². The first kappa shape index (κ1) is 20.1. The normalized spacial score (nSPS) is 11.2. The van der Waals surface area contributed by atoms with Crippen LogP contribution in [0.2, 0.25) is 5.15 Å². The molecule has 0 aliphatic rings. The van der Waals surface area contributed by atoms with Crippen molar-refractivity contribution >= 4 is 35.7 Å². The topological polar surface area (TPSA) is 102 Å². The average molecular weight is 412 g/mol. The second kappa shape index (κ2) is 9.52. The van der Waals surface area contributed by atoms with Crippen LogP contribution < -0.4 is 10.7 Å². The number of hydrazone groups is 1.